The third-order valence-electron chi connectivity index (χ3n) is 4.81. The molecule has 0 atom stereocenters. The van der Waals surface area contributed by atoms with Gasteiger partial charge in [-0.05, 0) is 18.8 Å². The highest BCUT2D eigenvalue weighted by Gasteiger charge is 2.19. The van der Waals surface area contributed by atoms with E-state index in [1.165, 1.54) is 38.5 Å². The van der Waals surface area contributed by atoms with E-state index in [1.807, 2.05) is 11.6 Å². The Labute approximate surface area is 160 Å². The van der Waals surface area contributed by atoms with Crippen LogP contribution in [0.5, 0.6) is 0 Å². The molecule has 0 unspecified atom stereocenters. The molecule has 0 bridgehead atoms. The summed E-state index contributed by atoms with van der Waals surface area (Å²) in [4.78, 5) is 13.5. The van der Waals surface area contributed by atoms with Gasteiger partial charge in [-0.3, -0.25) is 4.99 Å². The van der Waals surface area contributed by atoms with E-state index in [4.69, 9.17) is 5.73 Å². The number of thiazole rings is 1. The standard InChI is InChI=1S/C16H27N5S.HI/c17-15(18-7-3-6-14-4-1-2-5-14)20-9-11-21(12-10-20)16-19-8-13-22-16;/h8,13-14H,1-7,9-12H2,(H2,17,18);1H. The first kappa shape index (κ1) is 18.8. The summed E-state index contributed by atoms with van der Waals surface area (Å²) in [5.41, 5.74) is 6.15. The van der Waals surface area contributed by atoms with Gasteiger partial charge in [-0.1, -0.05) is 25.7 Å². The van der Waals surface area contributed by atoms with E-state index in [-0.39, 0.29) is 24.0 Å². The van der Waals surface area contributed by atoms with Crippen LogP contribution in [0.1, 0.15) is 38.5 Å². The first-order valence-corrected chi connectivity index (χ1v) is 9.40. The van der Waals surface area contributed by atoms with Gasteiger partial charge in [0.2, 0.25) is 0 Å². The van der Waals surface area contributed by atoms with Gasteiger partial charge < -0.3 is 15.5 Å². The van der Waals surface area contributed by atoms with Gasteiger partial charge in [0, 0.05) is 44.3 Å². The molecule has 2 heterocycles. The average molecular weight is 449 g/mol. The van der Waals surface area contributed by atoms with Crippen molar-refractivity contribution in [3.8, 4) is 0 Å². The van der Waals surface area contributed by atoms with Crippen molar-refractivity contribution in [1.29, 1.82) is 0 Å². The van der Waals surface area contributed by atoms with Gasteiger partial charge in [-0.2, -0.15) is 0 Å². The van der Waals surface area contributed by atoms with E-state index in [0.717, 1.165) is 49.7 Å². The Hall–Kier alpha value is -0.570. The number of nitrogens with zero attached hydrogens (tertiary/aromatic N) is 4. The molecular formula is C16H28IN5S. The summed E-state index contributed by atoms with van der Waals surface area (Å²) in [6, 6.07) is 0. The maximum atomic E-state index is 6.15. The topological polar surface area (TPSA) is 57.8 Å². The fourth-order valence-corrected chi connectivity index (χ4v) is 4.17. The van der Waals surface area contributed by atoms with Crippen molar-refractivity contribution in [2.24, 2.45) is 16.6 Å². The number of hydrogen-bond acceptors (Lipinski definition) is 4. The predicted octanol–water partition coefficient (Wildman–Crippen LogP) is 3.17. The zero-order chi connectivity index (χ0) is 15.2. The quantitative estimate of drug-likeness (QED) is 0.325. The monoisotopic (exact) mass is 449 g/mol. The lowest BCUT2D eigenvalue weighted by atomic mass is 10.0. The fraction of sp³-hybridized carbons (Fsp3) is 0.750. The smallest absolute Gasteiger partial charge is 0.191 e. The molecule has 7 heteroatoms. The number of rotatable bonds is 5. The molecule has 2 N–H and O–H groups in total. The molecule has 0 spiro atoms. The Kier molecular flexibility index (Phi) is 7.88. The van der Waals surface area contributed by atoms with E-state index in [9.17, 15) is 0 Å². The molecule has 2 fully saturated rings. The van der Waals surface area contributed by atoms with E-state index in [1.54, 1.807) is 11.3 Å². The van der Waals surface area contributed by atoms with Crippen molar-refractivity contribution in [2.75, 3.05) is 37.6 Å². The molecule has 0 amide bonds. The zero-order valence-electron chi connectivity index (χ0n) is 13.7. The van der Waals surface area contributed by atoms with Gasteiger partial charge in [-0.15, -0.1) is 35.3 Å². The zero-order valence-corrected chi connectivity index (χ0v) is 16.8. The van der Waals surface area contributed by atoms with Crippen LogP contribution >= 0.6 is 35.3 Å². The van der Waals surface area contributed by atoms with Crippen molar-refractivity contribution >= 4 is 46.4 Å². The highest BCUT2D eigenvalue weighted by Crippen LogP contribution is 2.28. The largest absolute Gasteiger partial charge is 0.370 e. The van der Waals surface area contributed by atoms with Crippen molar-refractivity contribution in [2.45, 2.75) is 38.5 Å². The summed E-state index contributed by atoms with van der Waals surface area (Å²) >= 11 is 1.70. The minimum atomic E-state index is 0. The number of guanidine groups is 1. The van der Waals surface area contributed by atoms with Crippen LogP contribution in [0.15, 0.2) is 16.6 Å². The average Bonchev–Trinajstić information content (AvgIpc) is 3.25. The number of aromatic nitrogens is 1. The van der Waals surface area contributed by atoms with E-state index in [2.05, 4.69) is 19.8 Å². The predicted molar refractivity (Wildman–Crippen MR) is 109 cm³/mol. The Morgan fingerprint density at radius 1 is 1.26 bits per heavy atom. The second-order valence-electron chi connectivity index (χ2n) is 6.32. The lowest BCUT2D eigenvalue weighted by molar-refractivity contribution is 0.380. The molecule has 3 rings (SSSR count). The van der Waals surface area contributed by atoms with Crippen LogP contribution in [0, 0.1) is 5.92 Å². The summed E-state index contributed by atoms with van der Waals surface area (Å²) in [6.07, 6.45) is 10.1. The van der Waals surface area contributed by atoms with Crippen molar-refractivity contribution in [3.05, 3.63) is 11.6 Å². The van der Waals surface area contributed by atoms with Crippen LogP contribution < -0.4 is 10.6 Å². The first-order chi connectivity index (χ1) is 10.8. The van der Waals surface area contributed by atoms with Crippen molar-refractivity contribution in [3.63, 3.8) is 0 Å². The van der Waals surface area contributed by atoms with Crippen molar-refractivity contribution < 1.29 is 0 Å². The molecule has 5 nitrogen and oxygen atoms in total. The number of halogens is 1. The molecule has 1 aliphatic heterocycles. The summed E-state index contributed by atoms with van der Waals surface area (Å²) in [5, 5.41) is 3.15. The molecule has 23 heavy (non-hydrogen) atoms. The van der Waals surface area contributed by atoms with Gasteiger partial charge in [-0.25, -0.2) is 4.98 Å². The van der Waals surface area contributed by atoms with E-state index < -0.39 is 0 Å². The van der Waals surface area contributed by atoms with E-state index >= 15 is 0 Å². The molecule has 1 aliphatic carbocycles. The molecule has 1 aromatic rings. The molecule has 1 saturated carbocycles. The maximum absolute atomic E-state index is 6.15. The number of hydrogen-bond donors (Lipinski definition) is 1. The minimum absolute atomic E-state index is 0. The Morgan fingerprint density at radius 2 is 2.00 bits per heavy atom. The normalized spacial score (nSPS) is 19.9. The third kappa shape index (κ3) is 5.48. The van der Waals surface area contributed by atoms with Crippen LogP contribution in [-0.2, 0) is 0 Å². The van der Waals surface area contributed by atoms with Crippen molar-refractivity contribution in [1.82, 2.24) is 9.88 Å². The molecule has 1 aromatic heterocycles. The SMILES string of the molecule is I.NC(=NCCCC1CCCC1)N1CCN(c2nccs2)CC1. The fourth-order valence-electron chi connectivity index (χ4n) is 3.47. The molecule has 1 saturated heterocycles. The van der Waals surface area contributed by atoms with Crippen LogP contribution in [-0.4, -0.2) is 48.6 Å². The molecular weight excluding hydrogens is 421 g/mol. The minimum Gasteiger partial charge on any atom is -0.370 e. The van der Waals surface area contributed by atoms with Gasteiger partial charge in [0.05, 0.1) is 0 Å². The summed E-state index contributed by atoms with van der Waals surface area (Å²) in [5.74, 6) is 1.68. The van der Waals surface area contributed by atoms with Gasteiger partial charge in [0.1, 0.15) is 0 Å². The number of aliphatic imine (C=N–C) groups is 1. The summed E-state index contributed by atoms with van der Waals surface area (Å²) < 4.78 is 0. The Bertz CT molecular complexity index is 465. The highest BCUT2D eigenvalue weighted by atomic mass is 127. The third-order valence-corrected chi connectivity index (χ3v) is 5.64. The van der Waals surface area contributed by atoms with Crippen LogP contribution in [0.3, 0.4) is 0 Å². The molecule has 0 aromatic carbocycles. The van der Waals surface area contributed by atoms with Crippen LogP contribution in [0.4, 0.5) is 5.13 Å². The lowest BCUT2D eigenvalue weighted by Crippen LogP contribution is -2.51. The molecule has 130 valence electrons. The lowest BCUT2D eigenvalue weighted by Gasteiger charge is -2.35. The van der Waals surface area contributed by atoms with Crippen LogP contribution in [0.25, 0.3) is 0 Å². The van der Waals surface area contributed by atoms with Gasteiger partial charge >= 0.3 is 0 Å². The van der Waals surface area contributed by atoms with Gasteiger partial charge in [0.25, 0.3) is 0 Å². The second kappa shape index (κ2) is 9.66. The number of piperazine rings is 1. The van der Waals surface area contributed by atoms with Crippen LogP contribution in [0.2, 0.25) is 0 Å². The second-order valence-corrected chi connectivity index (χ2v) is 7.19. The Morgan fingerprint density at radius 3 is 2.65 bits per heavy atom. The maximum Gasteiger partial charge on any atom is 0.191 e. The summed E-state index contributed by atoms with van der Waals surface area (Å²) in [6.45, 7) is 4.72. The summed E-state index contributed by atoms with van der Waals surface area (Å²) in [7, 11) is 0. The Balaban J connectivity index is 0.00000192. The van der Waals surface area contributed by atoms with E-state index in [0.29, 0.717) is 0 Å². The molecule has 0 radical (unpaired) electrons. The number of anilines is 1. The molecule has 2 aliphatic rings. The highest BCUT2D eigenvalue weighted by molar-refractivity contribution is 14.0. The number of nitrogens with two attached hydrogens (primary N) is 1. The van der Waals surface area contributed by atoms with Gasteiger partial charge in [0.15, 0.2) is 11.1 Å². The first-order valence-electron chi connectivity index (χ1n) is 8.52.